The number of carbonyl (C=O) groups excluding carboxylic acids is 1. The number of carbonyl (C=O) groups is 1. The van der Waals surface area contributed by atoms with Crippen LogP contribution in [0.5, 0.6) is 0 Å². The standard InChI is InChI=1S/C14H19N3O2/c1-11-4-3-5-12(10-15)14(11)17-7-6-13(18)16-8-9-19-2/h3-5,17H,6-9H2,1-2H3,(H,16,18). The molecule has 5 heteroatoms. The summed E-state index contributed by atoms with van der Waals surface area (Å²) in [6.07, 6.45) is 0.364. The van der Waals surface area contributed by atoms with Crippen LogP contribution in [-0.2, 0) is 9.53 Å². The van der Waals surface area contributed by atoms with Crippen molar-refractivity contribution in [3.63, 3.8) is 0 Å². The molecule has 1 aromatic carbocycles. The maximum atomic E-state index is 11.5. The fourth-order valence-electron chi connectivity index (χ4n) is 1.68. The summed E-state index contributed by atoms with van der Waals surface area (Å²) in [5.74, 6) is -0.0309. The number of nitrogens with one attached hydrogen (secondary N) is 2. The summed E-state index contributed by atoms with van der Waals surface area (Å²) < 4.78 is 4.85. The highest BCUT2D eigenvalue weighted by atomic mass is 16.5. The first-order chi connectivity index (χ1) is 9.19. The zero-order chi connectivity index (χ0) is 14.1. The fraction of sp³-hybridized carbons (Fsp3) is 0.429. The van der Waals surface area contributed by atoms with Gasteiger partial charge < -0.3 is 15.4 Å². The van der Waals surface area contributed by atoms with E-state index in [4.69, 9.17) is 10.00 Å². The number of benzene rings is 1. The number of ether oxygens (including phenoxy) is 1. The Morgan fingerprint density at radius 1 is 1.42 bits per heavy atom. The Morgan fingerprint density at radius 2 is 2.21 bits per heavy atom. The van der Waals surface area contributed by atoms with Crippen molar-refractivity contribution in [1.29, 1.82) is 5.26 Å². The molecule has 0 heterocycles. The molecule has 0 bridgehead atoms. The van der Waals surface area contributed by atoms with Crippen molar-refractivity contribution in [2.24, 2.45) is 0 Å². The Bertz CT molecular complexity index is 466. The smallest absolute Gasteiger partial charge is 0.221 e. The van der Waals surface area contributed by atoms with Crippen LogP contribution in [0.25, 0.3) is 0 Å². The van der Waals surface area contributed by atoms with Gasteiger partial charge in [-0.3, -0.25) is 4.79 Å². The summed E-state index contributed by atoms with van der Waals surface area (Å²) in [6, 6.07) is 7.67. The second kappa shape index (κ2) is 8.11. The zero-order valence-electron chi connectivity index (χ0n) is 11.3. The molecular formula is C14H19N3O2. The van der Waals surface area contributed by atoms with Crippen molar-refractivity contribution in [3.8, 4) is 6.07 Å². The van der Waals surface area contributed by atoms with Crippen molar-refractivity contribution in [2.45, 2.75) is 13.3 Å². The minimum atomic E-state index is -0.0309. The highest BCUT2D eigenvalue weighted by molar-refractivity contribution is 5.76. The van der Waals surface area contributed by atoms with Gasteiger partial charge in [-0.2, -0.15) is 5.26 Å². The van der Waals surface area contributed by atoms with E-state index in [1.165, 1.54) is 0 Å². The third-order valence-electron chi connectivity index (χ3n) is 2.68. The van der Waals surface area contributed by atoms with Gasteiger partial charge in [-0.1, -0.05) is 12.1 Å². The van der Waals surface area contributed by atoms with Gasteiger partial charge in [0.05, 0.1) is 17.9 Å². The van der Waals surface area contributed by atoms with E-state index in [9.17, 15) is 4.79 Å². The first-order valence-electron chi connectivity index (χ1n) is 6.18. The van der Waals surface area contributed by atoms with E-state index in [2.05, 4.69) is 16.7 Å². The molecule has 0 aliphatic heterocycles. The van der Waals surface area contributed by atoms with Gasteiger partial charge in [0, 0.05) is 26.6 Å². The van der Waals surface area contributed by atoms with E-state index in [0.29, 0.717) is 31.7 Å². The van der Waals surface area contributed by atoms with E-state index in [0.717, 1.165) is 11.3 Å². The average molecular weight is 261 g/mol. The lowest BCUT2D eigenvalue weighted by Crippen LogP contribution is -2.28. The van der Waals surface area contributed by atoms with Crippen LogP contribution in [0.4, 0.5) is 5.69 Å². The summed E-state index contributed by atoms with van der Waals surface area (Å²) in [5.41, 5.74) is 2.40. The van der Waals surface area contributed by atoms with Crippen LogP contribution < -0.4 is 10.6 Å². The highest BCUT2D eigenvalue weighted by Gasteiger charge is 2.05. The molecular weight excluding hydrogens is 242 g/mol. The number of rotatable bonds is 7. The van der Waals surface area contributed by atoms with Crippen LogP contribution in [0.15, 0.2) is 18.2 Å². The van der Waals surface area contributed by atoms with E-state index >= 15 is 0 Å². The molecule has 0 saturated heterocycles. The number of anilines is 1. The number of hydrogen-bond acceptors (Lipinski definition) is 4. The predicted molar refractivity (Wildman–Crippen MR) is 73.9 cm³/mol. The molecule has 5 nitrogen and oxygen atoms in total. The maximum Gasteiger partial charge on any atom is 0.221 e. The van der Waals surface area contributed by atoms with E-state index in [-0.39, 0.29) is 5.91 Å². The molecule has 0 aliphatic carbocycles. The van der Waals surface area contributed by atoms with Gasteiger partial charge in [-0.25, -0.2) is 0 Å². The molecule has 102 valence electrons. The number of aryl methyl sites for hydroxylation is 1. The van der Waals surface area contributed by atoms with E-state index in [1.54, 1.807) is 13.2 Å². The molecule has 0 radical (unpaired) electrons. The van der Waals surface area contributed by atoms with Crippen LogP contribution in [0, 0.1) is 18.3 Å². The summed E-state index contributed by atoms with van der Waals surface area (Å²) >= 11 is 0. The molecule has 0 aliphatic rings. The Morgan fingerprint density at radius 3 is 2.89 bits per heavy atom. The minimum Gasteiger partial charge on any atom is -0.383 e. The Labute approximate surface area is 113 Å². The van der Waals surface area contributed by atoms with Crippen LogP contribution in [0.2, 0.25) is 0 Å². The quantitative estimate of drug-likeness (QED) is 0.728. The summed E-state index contributed by atoms with van der Waals surface area (Å²) in [7, 11) is 1.59. The summed E-state index contributed by atoms with van der Waals surface area (Å²) in [6.45, 7) is 3.46. The van der Waals surface area contributed by atoms with Crippen molar-refractivity contribution in [2.75, 3.05) is 32.1 Å². The van der Waals surface area contributed by atoms with Crippen LogP contribution in [0.1, 0.15) is 17.5 Å². The maximum absolute atomic E-state index is 11.5. The lowest BCUT2D eigenvalue weighted by Gasteiger charge is -2.11. The van der Waals surface area contributed by atoms with Crippen LogP contribution in [-0.4, -0.2) is 32.7 Å². The molecule has 0 spiro atoms. The molecule has 0 atom stereocenters. The van der Waals surface area contributed by atoms with Crippen molar-refractivity contribution >= 4 is 11.6 Å². The molecule has 1 aromatic rings. The number of hydrogen-bond donors (Lipinski definition) is 2. The lowest BCUT2D eigenvalue weighted by molar-refractivity contribution is -0.121. The predicted octanol–water partition coefficient (Wildman–Crippen LogP) is 1.43. The number of para-hydroxylation sites is 1. The summed E-state index contributed by atoms with van der Waals surface area (Å²) in [5, 5.41) is 14.9. The summed E-state index contributed by atoms with van der Waals surface area (Å²) in [4.78, 5) is 11.5. The SMILES string of the molecule is COCCNC(=O)CCNc1c(C)cccc1C#N. The monoisotopic (exact) mass is 261 g/mol. The molecule has 0 saturated carbocycles. The van der Waals surface area contributed by atoms with Gasteiger partial charge in [0.1, 0.15) is 6.07 Å². The largest absolute Gasteiger partial charge is 0.383 e. The van der Waals surface area contributed by atoms with Gasteiger partial charge in [-0.05, 0) is 18.6 Å². The molecule has 2 N–H and O–H groups in total. The van der Waals surface area contributed by atoms with E-state index < -0.39 is 0 Å². The molecule has 0 unspecified atom stereocenters. The number of nitriles is 1. The second-order valence-electron chi connectivity index (χ2n) is 4.13. The van der Waals surface area contributed by atoms with Crippen LogP contribution in [0.3, 0.4) is 0 Å². The zero-order valence-corrected chi connectivity index (χ0v) is 11.3. The molecule has 1 amide bonds. The Balaban J connectivity index is 2.41. The van der Waals surface area contributed by atoms with Gasteiger partial charge in [0.25, 0.3) is 0 Å². The highest BCUT2D eigenvalue weighted by Crippen LogP contribution is 2.19. The second-order valence-corrected chi connectivity index (χ2v) is 4.13. The average Bonchev–Trinajstić information content (AvgIpc) is 2.41. The first kappa shape index (κ1) is 15.0. The number of nitrogens with zero attached hydrogens (tertiary/aromatic N) is 1. The topological polar surface area (TPSA) is 74.2 Å². The third-order valence-corrected chi connectivity index (χ3v) is 2.68. The third kappa shape index (κ3) is 4.98. The lowest BCUT2D eigenvalue weighted by atomic mass is 10.1. The number of amides is 1. The Hall–Kier alpha value is -2.06. The van der Waals surface area contributed by atoms with Gasteiger partial charge in [0.2, 0.25) is 5.91 Å². The molecule has 1 rings (SSSR count). The fourth-order valence-corrected chi connectivity index (χ4v) is 1.68. The van der Waals surface area contributed by atoms with E-state index in [1.807, 2.05) is 19.1 Å². The van der Waals surface area contributed by atoms with Gasteiger partial charge in [-0.15, -0.1) is 0 Å². The van der Waals surface area contributed by atoms with Gasteiger partial charge in [0.15, 0.2) is 0 Å². The van der Waals surface area contributed by atoms with Crippen molar-refractivity contribution < 1.29 is 9.53 Å². The van der Waals surface area contributed by atoms with Gasteiger partial charge >= 0.3 is 0 Å². The first-order valence-corrected chi connectivity index (χ1v) is 6.18. The molecule has 0 fully saturated rings. The molecule has 19 heavy (non-hydrogen) atoms. The Kier molecular flexibility index (Phi) is 6.41. The normalized spacial score (nSPS) is 9.74. The molecule has 0 aromatic heterocycles. The van der Waals surface area contributed by atoms with Crippen molar-refractivity contribution in [3.05, 3.63) is 29.3 Å². The number of methoxy groups -OCH3 is 1. The minimum absolute atomic E-state index is 0.0309. The van der Waals surface area contributed by atoms with Crippen LogP contribution >= 0.6 is 0 Å². The van der Waals surface area contributed by atoms with Crippen molar-refractivity contribution in [1.82, 2.24) is 5.32 Å².